The lowest BCUT2D eigenvalue weighted by molar-refractivity contribution is -0.139. The molecule has 6 nitrogen and oxygen atoms in total. The van der Waals surface area contributed by atoms with Crippen molar-refractivity contribution in [3.05, 3.63) is 59.4 Å². The summed E-state index contributed by atoms with van der Waals surface area (Å²) in [5.41, 5.74) is 0. The van der Waals surface area contributed by atoms with Crippen LogP contribution in [0.15, 0.2) is 53.4 Å². The average Bonchev–Trinajstić information content (AvgIpc) is 2.67. The highest BCUT2D eigenvalue weighted by Crippen LogP contribution is 2.22. The van der Waals surface area contributed by atoms with E-state index in [1.165, 1.54) is 22.5 Å². The molecule has 2 aromatic carbocycles. The van der Waals surface area contributed by atoms with Crippen LogP contribution in [0, 0.1) is 5.82 Å². The summed E-state index contributed by atoms with van der Waals surface area (Å²) in [7, 11) is -3.94. The van der Waals surface area contributed by atoms with Crippen molar-refractivity contribution in [2.75, 3.05) is 26.2 Å². The molecule has 2 aromatic rings. The summed E-state index contributed by atoms with van der Waals surface area (Å²) in [6, 6.07) is 12.0. The Morgan fingerprint density at radius 2 is 1.79 bits per heavy atom. The zero-order chi connectivity index (χ0) is 20.3. The van der Waals surface area contributed by atoms with Crippen LogP contribution in [0.1, 0.15) is 6.92 Å². The minimum atomic E-state index is -3.94. The highest BCUT2D eigenvalue weighted by atomic mass is 35.5. The van der Waals surface area contributed by atoms with Gasteiger partial charge in [0.1, 0.15) is 16.5 Å². The average molecular weight is 427 g/mol. The molecule has 3 rings (SSSR count). The minimum Gasteiger partial charge on any atom is -0.481 e. The van der Waals surface area contributed by atoms with Crippen LogP contribution in [0.4, 0.5) is 4.39 Å². The second-order valence-corrected chi connectivity index (χ2v) is 8.72. The largest absolute Gasteiger partial charge is 0.481 e. The van der Waals surface area contributed by atoms with Crippen LogP contribution < -0.4 is 4.74 Å². The first kappa shape index (κ1) is 20.6. The number of nitrogens with zero attached hydrogens (tertiary/aromatic N) is 2. The standard InChI is InChI=1S/C19H20ClFN2O4S/c1-14(27-16-6-4-5-15(20)13-16)19(24)22-9-11-23(12-10-22)28(25,26)18-8-3-2-7-17(18)21/h2-8,13-14H,9-12H2,1H3. The lowest BCUT2D eigenvalue weighted by Crippen LogP contribution is -2.53. The first-order valence-corrected chi connectivity index (χ1v) is 10.6. The van der Waals surface area contributed by atoms with Crippen LogP contribution in [-0.4, -0.2) is 55.8 Å². The number of ether oxygens (including phenoxy) is 1. The zero-order valence-corrected chi connectivity index (χ0v) is 16.8. The lowest BCUT2D eigenvalue weighted by Gasteiger charge is -2.35. The monoisotopic (exact) mass is 426 g/mol. The number of carbonyl (C=O) groups excluding carboxylic acids is 1. The van der Waals surface area contributed by atoms with Gasteiger partial charge in [0.15, 0.2) is 6.10 Å². The highest BCUT2D eigenvalue weighted by molar-refractivity contribution is 7.89. The third-order valence-corrected chi connectivity index (χ3v) is 6.63. The van der Waals surface area contributed by atoms with E-state index in [2.05, 4.69) is 0 Å². The molecule has 0 radical (unpaired) electrons. The summed E-state index contributed by atoms with van der Waals surface area (Å²) in [5, 5.41) is 0.504. The minimum absolute atomic E-state index is 0.0896. The van der Waals surface area contributed by atoms with E-state index < -0.39 is 21.9 Å². The van der Waals surface area contributed by atoms with Gasteiger partial charge in [-0.15, -0.1) is 0 Å². The molecule has 0 aliphatic carbocycles. The number of halogens is 2. The van der Waals surface area contributed by atoms with Crippen LogP contribution in [0.2, 0.25) is 5.02 Å². The molecule has 0 aromatic heterocycles. The third-order valence-electron chi connectivity index (χ3n) is 4.46. The second-order valence-electron chi connectivity index (χ2n) is 6.38. The van der Waals surface area contributed by atoms with Crippen molar-refractivity contribution < 1.29 is 22.3 Å². The van der Waals surface area contributed by atoms with Gasteiger partial charge in [-0.3, -0.25) is 4.79 Å². The maximum absolute atomic E-state index is 13.9. The Hall–Kier alpha value is -2.16. The van der Waals surface area contributed by atoms with E-state index in [0.717, 1.165) is 6.07 Å². The molecule has 1 aliphatic heterocycles. The Morgan fingerprint density at radius 3 is 2.43 bits per heavy atom. The van der Waals surface area contributed by atoms with E-state index in [-0.39, 0.29) is 37.0 Å². The number of piperazine rings is 1. The van der Waals surface area contributed by atoms with Gasteiger partial charge in [0.05, 0.1) is 0 Å². The number of benzene rings is 2. The normalized spacial score (nSPS) is 16.6. The molecular formula is C19H20ClFN2O4S. The molecule has 0 saturated carbocycles. The SMILES string of the molecule is CC(Oc1cccc(Cl)c1)C(=O)N1CCN(S(=O)(=O)c2ccccc2F)CC1. The molecule has 1 heterocycles. The predicted octanol–water partition coefficient (Wildman–Crippen LogP) is 2.78. The molecule has 1 fully saturated rings. The summed E-state index contributed by atoms with van der Waals surface area (Å²) in [4.78, 5) is 13.8. The predicted molar refractivity (Wildman–Crippen MR) is 103 cm³/mol. The number of rotatable bonds is 5. The van der Waals surface area contributed by atoms with E-state index in [1.54, 1.807) is 36.1 Å². The smallest absolute Gasteiger partial charge is 0.263 e. The molecule has 28 heavy (non-hydrogen) atoms. The number of hydrogen-bond donors (Lipinski definition) is 0. The van der Waals surface area contributed by atoms with Crippen molar-refractivity contribution in [2.45, 2.75) is 17.9 Å². The first-order valence-electron chi connectivity index (χ1n) is 8.75. The van der Waals surface area contributed by atoms with Crippen LogP contribution in [-0.2, 0) is 14.8 Å². The van der Waals surface area contributed by atoms with Gasteiger partial charge in [-0.1, -0.05) is 29.8 Å². The van der Waals surface area contributed by atoms with Crippen molar-refractivity contribution in [3.8, 4) is 5.75 Å². The fourth-order valence-electron chi connectivity index (χ4n) is 2.99. The highest BCUT2D eigenvalue weighted by Gasteiger charge is 2.33. The van der Waals surface area contributed by atoms with Gasteiger partial charge < -0.3 is 9.64 Å². The van der Waals surface area contributed by atoms with E-state index >= 15 is 0 Å². The molecule has 1 aliphatic rings. The van der Waals surface area contributed by atoms with E-state index in [9.17, 15) is 17.6 Å². The molecule has 1 saturated heterocycles. The van der Waals surface area contributed by atoms with Crippen molar-refractivity contribution in [2.24, 2.45) is 0 Å². The van der Waals surface area contributed by atoms with Crippen molar-refractivity contribution in [1.29, 1.82) is 0 Å². The van der Waals surface area contributed by atoms with Gasteiger partial charge >= 0.3 is 0 Å². The van der Waals surface area contributed by atoms with Crippen molar-refractivity contribution in [1.82, 2.24) is 9.21 Å². The maximum Gasteiger partial charge on any atom is 0.263 e. The third kappa shape index (κ3) is 4.45. The lowest BCUT2D eigenvalue weighted by atomic mass is 10.2. The second kappa shape index (κ2) is 8.46. The van der Waals surface area contributed by atoms with Crippen LogP contribution >= 0.6 is 11.6 Å². The molecular weight excluding hydrogens is 407 g/mol. The van der Waals surface area contributed by atoms with Gasteiger partial charge in [0.2, 0.25) is 10.0 Å². The van der Waals surface area contributed by atoms with E-state index in [4.69, 9.17) is 16.3 Å². The Bertz CT molecular complexity index is 962. The maximum atomic E-state index is 13.9. The number of hydrogen-bond acceptors (Lipinski definition) is 4. The Morgan fingerprint density at radius 1 is 1.11 bits per heavy atom. The summed E-state index contributed by atoms with van der Waals surface area (Å²) >= 11 is 5.91. The topological polar surface area (TPSA) is 66.9 Å². The summed E-state index contributed by atoms with van der Waals surface area (Å²) < 4.78 is 46.0. The zero-order valence-electron chi connectivity index (χ0n) is 15.2. The molecule has 1 atom stereocenters. The Labute approximate surface area is 168 Å². The molecule has 0 N–H and O–H groups in total. The fourth-order valence-corrected chi connectivity index (χ4v) is 4.66. The molecule has 150 valence electrons. The Balaban J connectivity index is 1.61. The summed E-state index contributed by atoms with van der Waals surface area (Å²) in [5.74, 6) is -0.554. The number of amides is 1. The summed E-state index contributed by atoms with van der Waals surface area (Å²) in [6.07, 6.45) is -0.742. The van der Waals surface area contributed by atoms with Crippen molar-refractivity contribution in [3.63, 3.8) is 0 Å². The van der Waals surface area contributed by atoms with Gasteiger partial charge in [0.25, 0.3) is 5.91 Å². The van der Waals surface area contributed by atoms with Gasteiger partial charge in [-0.05, 0) is 37.3 Å². The van der Waals surface area contributed by atoms with E-state index in [0.29, 0.717) is 10.8 Å². The molecule has 1 amide bonds. The molecule has 0 bridgehead atoms. The van der Waals surface area contributed by atoms with Crippen LogP contribution in [0.3, 0.4) is 0 Å². The summed E-state index contributed by atoms with van der Waals surface area (Å²) in [6.45, 7) is 2.22. The Kier molecular flexibility index (Phi) is 6.22. The van der Waals surface area contributed by atoms with Gasteiger partial charge in [0, 0.05) is 31.2 Å². The van der Waals surface area contributed by atoms with E-state index in [1.807, 2.05) is 0 Å². The number of sulfonamides is 1. The molecule has 0 spiro atoms. The van der Waals surface area contributed by atoms with Crippen LogP contribution in [0.5, 0.6) is 5.75 Å². The first-order chi connectivity index (χ1) is 13.3. The van der Waals surface area contributed by atoms with Crippen LogP contribution in [0.25, 0.3) is 0 Å². The van der Waals surface area contributed by atoms with Crippen molar-refractivity contribution >= 4 is 27.5 Å². The fraction of sp³-hybridized carbons (Fsp3) is 0.316. The number of carbonyl (C=O) groups is 1. The van der Waals surface area contributed by atoms with Gasteiger partial charge in [-0.2, -0.15) is 4.31 Å². The molecule has 9 heteroatoms. The quantitative estimate of drug-likeness (QED) is 0.737. The van der Waals surface area contributed by atoms with Gasteiger partial charge in [-0.25, -0.2) is 12.8 Å². The molecule has 1 unspecified atom stereocenters.